The lowest BCUT2D eigenvalue weighted by Gasteiger charge is -2.38. The van der Waals surface area contributed by atoms with E-state index >= 15 is 0 Å². The monoisotopic (exact) mass is 870 g/mol. The fourth-order valence-corrected chi connectivity index (χ4v) is 9.72. The average molecular weight is 871 g/mol. The van der Waals surface area contributed by atoms with E-state index < -0.39 is 52.6 Å². The number of hydrogen-bond acceptors (Lipinski definition) is 15. The van der Waals surface area contributed by atoms with E-state index in [2.05, 4.69) is 47.5 Å². The van der Waals surface area contributed by atoms with Crippen molar-refractivity contribution in [2.24, 2.45) is 11.8 Å². The van der Waals surface area contributed by atoms with Crippen LogP contribution in [0.15, 0.2) is 52.6 Å². The topological polar surface area (TPSA) is 272 Å². The average Bonchev–Trinajstić information content (AvgIpc) is 3.92. The smallest absolute Gasteiger partial charge is 0.280 e. The SMILES string of the molecule is CC(C)C(=O)Nc1nc2c(ncn2[C@@H]2O[C@]3(CO)C(O)[C@@H]2OC32CC2)c(=O)[nH]1.CC[C@]12O[C@@H](n3cnc4c(=O)[nH]c(NC(=O)C(C)C)nc43)[C@@H](OC13CC3)C2OCc1ccccc1. The van der Waals surface area contributed by atoms with E-state index in [1.54, 1.807) is 38.6 Å². The molecule has 8 heterocycles. The van der Waals surface area contributed by atoms with Gasteiger partial charge in [-0.25, -0.2) is 9.97 Å². The van der Waals surface area contributed by atoms with Gasteiger partial charge in [0.25, 0.3) is 11.1 Å². The number of nitrogens with one attached hydrogen (secondary N) is 4. The van der Waals surface area contributed by atoms with Crippen LogP contribution in [-0.4, -0.2) is 114 Å². The third kappa shape index (κ3) is 6.30. The molecule has 4 saturated heterocycles. The third-order valence-electron chi connectivity index (χ3n) is 13.4. The van der Waals surface area contributed by atoms with Crippen molar-refractivity contribution >= 4 is 46.0 Å². The molecule has 6 N–H and O–H groups in total. The van der Waals surface area contributed by atoms with Gasteiger partial charge in [0.1, 0.15) is 41.2 Å². The van der Waals surface area contributed by atoms with Crippen LogP contribution in [0.5, 0.6) is 0 Å². The van der Waals surface area contributed by atoms with Crippen molar-refractivity contribution in [3.8, 4) is 0 Å². The zero-order valence-electron chi connectivity index (χ0n) is 35.4. The second kappa shape index (κ2) is 14.8. The molecule has 0 radical (unpaired) electrons. The Morgan fingerprint density at radius 3 is 1.78 bits per heavy atom. The highest BCUT2D eigenvalue weighted by molar-refractivity contribution is 5.91. The Morgan fingerprint density at radius 1 is 0.794 bits per heavy atom. The molecule has 2 aliphatic carbocycles. The summed E-state index contributed by atoms with van der Waals surface area (Å²) in [5.41, 5.74) is -1.88. The molecule has 5 aromatic rings. The number of aliphatic hydroxyl groups excluding tert-OH is 2. The minimum Gasteiger partial charge on any atom is -0.393 e. The highest BCUT2D eigenvalue weighted by Crippen LogP contribution is 2.67. The highest BCUT2D eigenvalue weighted by Gasteiger charge is 2.79. The minimum atomic E-state index is -1.20. The third-order valence-corrected chi connectivity index (χ3v) is 13.4. The van der Waals surface area contributed by atoms with Gasteiger partial charge in [-0.05, 0) is 37.7 Å². The number of H-pyrrole nitrogens is 2. The zero-order chi connectivity index (χ0) is 44.2. The number of ether oxygens (including phenoxy) is 5. The summed E-state index contributed by atoms with van der Waals surface area (Å²) in [6, 6.07) is 10.0. The zero-order valence-corrected chi connectivity index (χ0v) is 35.4. The van der Waals surface area contributed by atoms with Gasteiger partial charge in [-0.2, -0.15) is 9.97 Å². The number of nitrogens with zero attached hydrogens (tertiary/aromatic N) is 6. The highest BCUT2D eigenvalue weighted by atomic mass is 16.7. The molecule has 4 bridgehead atoms. The van der Waals surface area contributed by atoms with Crippen LogP contribution >= 0.6 is 0 Å². The van der Waals surface area contributed by atoms with Gasteiger partial charge in [0.2, 0.25) is 23.7 Å². The fourth-order valence-electron chi connectivity index (χ4n) is 9.72. The summed E-state index contributed by atoms with van der Waals surface area (Å²) in [5, 5.41) is 25.9. The van der Waals surface area contributed by atoms with E-state index in [0.717, 1.165) is 24.8 Å². The van der Waals surface area contributed by atoms with E-state index in [4.69, 9.17) is 23.7 Å². The van der Waals surface area contributed by atoms with Gasteiger partial charge in [0, 0.05) is 11.8 Å². The predicted molar refractivity (Wildman–Crippen MR) is 221 cm³/mol. The summed E-state index contributed by atoms with van der Waals surface area (Å²) >= 11 is 0. The largest absolute Gasteiger partial charge is 0.393 e. The first-order valence-corrected chi connectivity index (χ1v) is 21.4. The standard InChI is InChI=1S/C25H29N5O5.C17H21N5O6/c1-4-25-18(33-12-15-8-6-5-7-9-15)17(34-24(25)10-11-24)22(35-25)30-13-26-16-19(30)27-23(29-21(16)32)28-20(31)14(2)3;1-7(2)12(25)20-15-19-11-8(13(26)21-15)18-6-22(11)14-9-10(24)17(5-23,28-14)16(27-9)3-4-16/h5-9,13-14,17-18,22H,4,10-12H2,1-3H3,(H2,27,28,29,31,32);6-7,9-10,14,23-24H,3-5H2,1-2H3,(H2,19,20,21,25,26)/t17-,18?,22+,25+;9-,10?,14+,17+/m00/s1. The second-order valence-electron chi connectivity index (χ2n) is 17.9. The molecule has 2 unspecified atom stereocenters. The maximum absolute atomic E-state index is 12.7. The molecule has 63 heavy (non-hydrogen) atoms. The summed E-state index contributed by atoms with van der Waals surface area (Å²) in [7, 11) is 0. The van der Waals surface area contributed by atoms with Gasteiger partial charge < -0.3 is 33.9 Å². The van der Waals surface area contributed by atoms with Gasteiger partial charge in [-0.15, -0.1) is 0 Å². The van der Waals surface area contributed by atoms with Crippen molar-refractivity contribution < 1.29 is 43.5 Å². The Hall–Kier alpha value is -5.42. The second-order valence-corrected chi connectivity index (χ2v) is 17.9. The molecule has 6 fully saturated rings. The van der Waals surface area contributed by atoms with E-state index in [9.17, 15) is 29.4 Å². The van der Waals surface area contributed by atoms with Gasteiger partial charge in [-0.1, -0.05) is 65.0 Å². The van der Waals surface area contributed by atoms with E-state index in [1.165, 1.54) is 10.9 Å². The number of anilines is 2. The van der Waals surface area contributed by atoms with Crippen molar-refractivity contribution in [2.75, 3.05) is 17.2 Å². The van der Waals surface area contributed by atoms with Crippen molar-refractivity contribution in [3.63, 3.8) is 0 Å². The normalized spacial score (nSPS) is 30.2. The van der Waals surface area contributed by atoms with Gasteiger partial charge in [-0.3, -0.25) is 48.9 Å². The number of benzene rings is 1. The lowest BCUT2D eigenvalue weighted by Crippen LogP contribution is -2.52. The first kappa shape index (κ1) is 41.6. The number of rotatable bonds is 11. The molecule has 4 aromatic heterocycles. The van der Waals surface area contributed by atoms with Crippen molar-refractivity contribution in [2.45, 2.75) is 133 Å². The molecule has 21 heteroatoms. The molecule has 2 amide bonds. The summed E-state index contributed by atoms with van der Waals surface area (Å²) in [6.45, 7) is 9.15. The van der Waals surface area contributed by atoms with Crippen LogP contribution in [0.3, 0.4) is 0 Å². The molecule has 1 aromatic carbocycles. The first-order valence-electron chi connectivity index (χ1n) is 21.4. The minimum absolute atomic E-state index is 0.00175. The maximum Gasteiger partial charge on any atom is 0.280 e. The van der Waals surface area contributed by atoms with Crippen molar-refractivity contribution in [1.82, 2.24) is 39.0 Å². The van der Waals surface area contributed by atoms with Crippen LogP contribution in [0, 0.1) is 11.8 Å². The molecule has 21 nitrogen and oxygen atoms in total. The Morgan fingerprint density at radius 2 is 1.29 bits per heavy atom. The van der Waals surface area contributed by atoms with Gasteiger partial charge in [0.15, 0.2) is 40.4 Å². The Bertz CT molecular complexity index is 2720. The molecule has 2 spiro atoms. The number of aromatic nitrogens is 8. The molecule has 6 aliphatic rings. The number of fused-ring (bicyclic) bond motifs is 8. The molecule has 2 saturated carbocycles. The van der Waals surface area contributed by atoms with Crippen LogP contribution < -0.4 is 21.8 Å². The van der Waals surface area contributed by atoms with Crippen molar-refractivity contribution in [3.05, 3.63) is 69.3 Å². The summed E-state index contributed by atoms with van der Waals surface area (Å²) in [4.78, 5) is 71.4. The van der Waals surface area contributed by atoms with Crippen molar-refractivity contribution in [1.29, 1.82) is 0 Å². The van der Waals surface area contributed by atoms with Crippen LogP contribution in [0.1, 0.15) is 84.7 Å². The summed E-state index contributed by atoms with van der Waals surface area (Å²) < 4.78 is 35.2. The molecule has 334 valence electrons. The number of imidazole rings is 2. The van der Waals surface area contributed by atoms with E-state index in [1.807, 2.05) is 30.3 Å². The lowest BCUT2D eigenvalue weighted by molar-refractivity contribution is -0.233. The molecular weight excluding hydrogens is 821 g/mol. The quantitative estimate of drug-likeness (QED) is 0.111. The van der Waals surface area contributed by atoms with E-state index in [-0.39, 0.29) is 76.6 Å². The number of amides is 2. The molecule has 8 atom stereocenters. The van der Waals surface area contributed by atoms with Gasteiger partial charge >= 0.3 is 0 Å². The maximum atomic E-state index is 12.7. The van der Waals surface area contributed by atoms with Crippen LogP contribution in [0.4, 0.5) is 11.9 Å². The van der Waals surface area contributed by atoms with Crippen LogP contribution in [0.25, 0.3) is 22.3 Å². The van der Waals surface area contributed by atoms with Crippen LogP contribution in [-0.2, 0) is 39.9 Å². The Kier molecular flexibility index (Phi) is 9.79. The Balaban J connectivity index is 0.000000153. The molecule has 11 rings (SSSR count). The van der Waals surface area contributed by atoms with Crippen LogP contribution in [0.2, 0.25) is 0 Å². The number of aliphatic hydroxyl groups is 2. The number of carbonyl (C=O) groups is 2. The van der Waals surface area contributed by atoms with E-state index in [0.29, 0.717) is 25.1 Å². The lowest BCUT2D eigenvalue weighted by atomic mass is 9.87. The predicted octanol–water partition coefficient (Wildman–Crippen LogP) is 2.17. The first-order chi connectivity index (χ1) is 30.2. The number of aromatic amines is 2. The molecule has 4 aliphatic heterocycles. The summed E-state index contributed by atoms with van der Waals surface area (Å²) in [6.07, 6.45) is 3.20. The fraction of sp³-hybridized carbons (Fsp3) is 0.571. The molecular formula is C42H50N10O11. The number of carbonyl (C=O) groups excluding carboxylic acids is 2. The Labute approximate surface area is 358 Å². The summed E-state index contributed by atoms with van der Waals surface area (Å²) in [5.74, 6) is -1.01. The number of hydrogen-bond donors (Lipinski definition) is 6. The van der Waals surface area contributed by atoms with Gasteiger partial charge in [0.05, 0.1) is 25.9 Å².